The van der Waals surface area contributed by atoms with Crippen molar-refractivity contribution in [3.8, 4) is 6.01 Å². The molecule has 1 saturated heterocycles. The minimum absolute atomic E-state index is 0.167. The van der Waals surface area contributed by atoms with Gasteiger partial charge in [0.25, 0.3) is 5.91 Å². The van der Waals surface area contributed by atoms with Gasteiger partial charge >= 0.3 is 6.01 Å². The smallest absolute Gasteiger partial charge is 0.316 e. The van der Waals surface area contributed by atoms with Crippen LogP contribution in [0.15, 0.2) is 35.1 Å². The van der Waals surface area contributed by atoms with Gasteiger partial charge in [-0.2, -0.15) is 0 Å². The van der Waals surface area contributed by atoms with Gasteiger partial charge in [-0.05, 0) is 53.4 Å². The van der Waals surface area contributed by atoms with Gasteiger partial charge in [0.1, 0.15) is 11.9 Å². The Labute approximate surface area is 148 Å². The van der Waals surface area contributed by atoms with E-state index in [0.29, 0.717) is 30.2 Å². The molecule has 0 N–H and O–H groups in total. The first-order valence-electron chi connectivity index (χ1n) is 7.72. The second-order valence-electron chi connectivity index (χ2n) is 5.78. The molecular formula is C17H17BrFN3O2. The molecule has 1 aliphatic rings. The number of aryl methyl sites for hydroxylation is 1. The number of likely N-dealkylation sites (tertiary alicyclic amines) is 1. The van der Waals surface area contributed by atoms with Gasteiger partial charge in [-0.3, -0.25) is 4.79 Å². The Morgan fingerprint density at radius 2 is 2.12 bits per heavy atom. The molecule has 2 aromatic rings. The highest BCUT2D eigenvalue weighted by molar-refractivity contribution is 9.10. The lowest BCUT2D eigenvalue weighted by molar-refractivity contribution is 0.0515. The number of aromatic nitrogens is 2. The van der Waals surface area contributed by atoms with Crippen molar-refractivity contribution in [2.75, 3.05) is 13.1 Å². The van der Waals surface area contributed by atoms with E-state index >= 15 is 0 Å². The summed E-state index contributed by atoms with van der Waals surface area (Å²) in [6, 6.07) is 4.86. The quantitative estimate of drug-likeness (QED) is 0.801. The molecule has 0 bridgehead atoms. The number of hydrogen-bond acceptors (Lipinski definition) is 4. The molecule has 0 radical (unpaired) electrons. The summed E-state index contributed by atoms with van der Waals surface area (Å²) in [6.07, 6.45) is 4.71. The average Bonchev–Trinajstić information content (AvgIpc) is 2.59. The van der Waals surface area contributed by atoms with Gasteiger partial charge < -0.3 is 9.64 Å². The first-order chi connectivity index (χ1) is 11.5. The number of halogens is 2. The van der Waals surface area contributed by atoms with E-state index in [-0.39, 0.29) is 17.8 Å². The van der Waals surface area contributed by atoms with Crippen molar-refractivity contribution in [3.05, 3.63) is 52.0 Å². The Kier molecular flexibility index (Phi) is 5.08. The summed E-state index contributed by atoms with van der Waals surface area (Å²) in [5.74, 6) is -0.548. The topological polar surface area (TPSA) is 55.3 Å². The maximum atomic E-state index is 13.7. The van der Waals surface area contributed by atoms with Crippen LogP contribution in [-0.4, -0.2) is 40.0 Å². The predicted octanol–water partition coefficient (Wildman–Crippen LogP) is 3.37. The molecule has 126 valence electrons. The highest BCUT2D eigenvalue weighted by Crippen LogP contribution is 2.19. The number of ether oxygens (including phenoxy) is 1. The molecule has 2 heterocycles. The zero-order valence-corrected chi connectivity index (χ0v) is 14.8. The van der Waals surface area contributed by atoms with Crippen LogP contribution in [0.1, 0.15) is 28.8 Å². The van der Waals surface area contributed by atoms with Crippen molar-refractivity contribution in [1.82, 2.24) is 14.9 Å². The molecule has 5 nitrogen and oxygen atoms in total. The number of carbonyl (C=O) groups excluding carboxylic acids is 1. The lowest BCUT2D eigenvalue weighted by Crippen LogP contribution is -2.44. The summed E-state index contributed by atoms with van der Waals surface area (Å²) in [4.78, 5) is 22.4. The molecule has 1 aromatic carbocycles. The molecule has 24 heavy (non-hydrogen) atoms. The highest BCUT2D eigenvalue weighted by Gasteiger charge is 2.26. The molecular weight excluding hydrogens is 377 g/mol. The molecule has 0 aliphatic carbocycles. The molecule has 1 aliphatic heterocycles. The van der Waals surface area contributed by atoms with Crippen molar-refractivity contribution in [1.29, 1.82) is 0 Å². The average molecular weight is 394 g/mol. The van der Waals surface area contributed by atoms with Gasteiger partial charge in [0.05, 0.1) is 11.0 Å². The number of piperidine rings is 1. The summed E-state index contributed by atoms with van der Waals surface area (Å²) in [5.41, 5.74) is 0.887. The third kappa shape index (κ3) is 3.90. The fourth-order valence-corrected chi connectivity index (χ4v) is 2.84. The molecule has 3 rings (SSSR count). The fraction of sp³-hybridized carbons (Fsp3) is 0.353. The molecule has 1 amide bonds. The Bertz CT molecular complexity index is 739. The first kappa shape index (κ1) is 16.8. The molecule has 1 fully saturated rings. The number of amides is 1. The second kappa shape index (κ2) is 7.25. The minimum Gasteiger partial charge on any atom is -0.458 e. The lowest BCUT2D eigenvalue weighted by Gasteiger charge is -2.32. The highest BCUT2D eigenvalue weighted by atomic mass is 79.9. The summed E-state index contributed by atoms with van der Waals surface area (Å²) >= 11 is 3.27. The number of nitrogens with zero attached hydrogens (tertiary/aromatic N) is 3. The van der Waals surface area contributed by atoms with Crippen LogP contribution in [0, 0.1) is 12.7 Å². The van der Waals surface area contributed by atoms with Gasteiger partial charge in [-0.1, -0.05) is 6.07 Å². The van der Waals surface area contributed by atoms with E-state index in [0.717, 1.165) is 17.3 Å². The van der Waals surface area contributed by atoms with Crippen molar-refractivity contribution in [3.63, 3.8) is 0 Å². The molecule has 0 unspecified atom stereocenters. The van der Waals surface area contributed by atoms with Gasteiger partial charge in [0.15, 0.2) is 0 Å². The van der Waals surface area contributed by atoms with Crippen molar-refractivity contribution >= 4 is 21.8 Å². The van der Waals surface area contributed by atoms with E-state index in [4.69, 9.17) is 4.74 Å². The Hall–Kier alpha value is -2.02. The molecule has 0 spiro atoms. The number of rotatable bonds is 3. The van der Waals surface area contributed by atoms with Crippen molar-refractivity contribution < 1.29 is 13.9 Å². The van der Waals surface area contributed by atoms with Crippen LogP contribution in [0.3, 0.4) is 0 Å². The van der Waals surface area contributed by atoms with Crippen molar-refractivity contribution in [2.45, 2.75) is 25.9 Å². The van der Waals surface area contributed by atoms with Crippen LogP contribution in [0.2, 0.25) is 0 Å². The largest absolute Gasteiger partial charge is 0.458 e. The summed E-state index contributed by atoms with van der Waals surface area (Å²) in [5, 5.41) is 0. The number of carbonyl (C=O) groups is 1. The Balaban J connectivity index is 1.67. The number of hydrogen-bond donors (Lipinski definition) is 0. The van der Waals surface area contributed by atoms with Crippen molar-refractivity contribution in [2.24, 2.45) is 0 Å². The fourth-order valence-electron chi connectivity index (χ4n) is 2.64. The molecule has 0 saturated carbocycles. The van der Waals surface area contributed by atoms with E-state index in [1.54, 1.807) is 36.4 Å². The maximum absolute atomic E-state index is 13.7. The standard InChI is InChI=1S/C17H17BrFN3O2/c1-11-4-5-12(7-15(11)19)16(23)22-6-2-3-14(10-22)24-17-20-8-13(18)9-21-17/h4-5,7-9,14H,2-3,6,10H2,1H3/t14-/m0/s1. The predicted molar refractivity (Wildman–Crippen MR) is 90.4 cm³/mol. The third-order valence-electron chi connectivity index (χ3n) is 3.95. The first-order valence-corrected chi connectivity index (χ1v) is 8.52. The van der Waals surface area contributed by atoms with E-state index < -0.39 is 0 Å². The van der Waals surface area contributed by atoms with E-state index in [1.807, 2.05) is 0 Å². The summed E-state index contributed by atoms with van der Waals surface area (Å²) in [7, 11) is 0. The third-order valence-corrected chi connectivity index (χ3v) is 4.36. The van der Waals surface area contributed by atoms with E-state index in [9.17, 15) is 9.18 Å². The van der Waals surface area contributed by atoms with Crippen LogP contribution in [0.25, 0.3) is 0 Å². The normalized spacial score (nSPS) is 17.6. The summed E-state index contributed by atoms with van der Waals surface area (Å²) < 4.78 is 20.2. The van der Waals surface area contributed by atoms with Crippen LogP contribution in [0.5, 0.6) is 6.01 Å². The van der Waals surface area contributed by atoms with E-state index in [2.05, 4.69) is 25.9 Å². The van der Waals surface area contributed by atoms with Gasteiger partial charge in [0.2, 0.25) is 0 Å². The van der Waals surface area contributed by atoms with Crippen LogP contribution in [0.4, 0.5) is 4.39 Å². The maximum Gasteiger partial charge on any atom is 0.316 e. The van der Waals surface area contributed by atoms with Gasteiger partial charge in [0, 0.05) is 24.5 Å². The Morgan fingerprint density at radius 1 is 1.38 bits per heavy atom. The number of benzene rings is 1. The Morgan fingerprint density at radius 3 is 2.83 bits per heavy atom. The van der Waals surface area contributed by atoms with Gasteiger partial charge in [-0.15, -0.1) is 0 Å². The van der Waals surface area contributed by atoms with Crippen LogP contribution in [-0.2, 0) is 0 Å². The minimum atomic E-state index is -0.367. The van der Waals surface area contributed by atoms with Crippen LogP contribution >= 0.6 is 15.9 Å². The molecule has 7 heteroatoms. The van der Waals surface area contributed by atoms with E-state index in [1.165, 1.54) is 6.07 Å². The van der Waals surface area contributed by atoms with Crippen LogP contribution < -0.4 is 4.74 Å². The van der Waals surface area contributed by atoms with Gasteiger partial charge in [-0.25, -0.2) is 14.4 Å². The zero-order valence-electron chi connectivity index (χ0n) is 13.2. The summed E-state index contributed by atoms with van der Waals surface area (Å²) in [6.45, 7) is 2.75. The SMILES string of the molecule is Cc1ccc(C(=O)N2CCC[C@H](Oc3ncc(Br)cn3)C2)cc1F. The molecule has 1 aromatic heterocycles. The second-order valence-corrected chi connectivity index (χ2v) is 6.70. The molecule has 1 atom stereocenters. The monoisotopic (exact) mass is 393 g/mol. The zero-order chi connectivity index (χ0) is 17.1. The lowest BCUT2D eigenvalue weighted by atomic mass is 10.1.